The Balaban J connectivity index is 1.95. The van der Waals surface area contributed by atoms with Gasteiger partial charge in [-0.2, -0.15) is 0 Å². The van der Waals surface area contributed by atoms with Gasteiger partial charge in [0.05, 0.1) is 31.0 Å². The van der Waals surface area contributed by atoms with Gasteiger partial charge in [-0.3, -0.25) is 9.59 Å². The molecular formula is C24H25N3O6. The van der Waals surface area contributed by atoms with E-state index >= 15 is 0 Å². The topological polar surface area (TPSA) is 114 Å². The van der Waals surface area contributed by atoms with Gasteiger partial charge in [-0.25, -0.2) is 4.98 Å². The molecule has 0 saturated carbocycles. The molecule has 1 aromatic carbocycles. The first-order chi connectivity index (χ1) is 15.8. The van der Waals surface area contributed by atoms with Crippen molar-refractivity contribution in [1.82, 2.24) is 14.3 Å². The summed E-state index contributed by atoms with van der Waals surface area (Å²) >= 11 is 0. The number of benzene rings is 1. The summed E-state index contributed by atoms with van der Waals surface area (Å²) in [5.41, 5.74) is 2.83. The molecule has 4 rings (SSSR count). The average Bonchev–Trinajstić information content (AvgIpc) is 3.27. The van der Waals surface area contributed by atoms with Gasteiger partial charge in [0.15, 0.2) is 17.3 Å². The maximum absolute atomic E-state index is 13.1. The normalized spacial score (nSPS) is 17.8. The van der Waals surface area contributed by atoms with Crippen molar-refractivity contribution in [3.63, 3.8) is 0 Å². The van der Waals surface area contributed by atoms with E-state index in [-0.39, 0.29) is 41.7 Å². The van der Waals surface area contributed by atoms with Crippen molar-refractivity contribution < 1.29 is 29.3 Å². The van der Waals surface area contributed by atoms with Crippen LogP contribution in [0.4, 0.5) is 0 Å². The summed E-state index contributed by atoms with van der Waals surface area (Å²) in [7, 11) is 2.90. The highest BCUT2D eigenvalue weighted by Gasteiger charge is 2.46. The third-order valence-electron chi connectivity index (χ3n) is 5.90. The van der Waals surface area contributed by atoms with Gasteiger partial charge in [0.25, 0.3) is 11.7 Å². The molecule has 3 heterocycles. The number of ketones is 1. The summed E-state index contributed by atoms with van der Waals surface area (Å²) in [5, 5.41) is 21.3. The summed E-state index contributed by atoms with van der Waals surface area (Å²) < 4.78 is 12.2. The summed E-state index contributed by atoms with van der Waals surface area (Å²) in [5.74, 6) is -1.81. The number of hydrogen-bond acceptors (Lipinski definition) is 7. The van der Waals surface area contributed by atoms with E-state index < -0.39 is 17.7 Å². The Morgan fingerprint density at radius 3 is 2.61 bits per heavy atom. The molecule has 1 fully saturated rings. The third kappa shape index (κ3) is 3.60. The second kappa shape index (κ2) is 8.59. The van der Waals surface area contributed by atoms with E-state index in [1.54, 1.807) is 19.1 Å². The summed E-state index contributed by atoms with van der Waals surface area (Å²) in [6.07, 6.45) is 1.82. The number of Topliss-reactive ketones (excluding diaryl/α,β-unsaturated/α-hetero) is 1. The van der Waals surface area contributed by atoms with E-state index in [1.807, 2.05) is 29.7 Å². The third-order valence-corrected chi connectivity index (χ3v) is 5.90. The van der Waals surface area contributed by atoms with Crippen molar-refractivity contribution >= 4 is 23.1 Å². The standard InChI is InChI=1S/C24H25N3O6/c1-13-6-5-9-26-14(2)19(25-23(13)26)21(29)18-20(15-7-8-16(28)17(12-15)33-4)27(10-11-32-3)24(31)22(18)30/h5-9,12,20,28-29H,10-11H2,1-4H3/b21-18+. The van der Waals surface area contributed by atoms with Crippen LogP contribution in [0.25, 0.3) is 11.4 Å². The number of rotatable bonds is 6. The number of phenolic OH excluding ortho intramolecular Hbond substituents is 1. The van der Waals surface area contributed by atoms with Crippen molar-refractivity contribution in [3.8, 4) is 11.5 Å². The first kappa shape index (κ1) is 22.3. The Morgan fingerprint density at radius 1 is 1.18 bits per heavy atom. The lowest BCUT2D eigenvalue weighted by Gasteiger charge is -2.25. The lowest BCUT2D eigenvalue weighted by Crippen LogP contribution is -2.32. The molecule has 1 saturated heterocycles. The zero-order valence-electron chi connectivity index (χ0n) is 18.8. The zero-order chi connectivity index (χ0) is 23.9. The number of aryl methyl sites for hydroxylation is 2. The molecule has 1 amide bonds. The van der Waals surface area contributed by atoms with Gasteiger partial charge in [-0.15, -0.1) is 0 Å². The number of carbonyl (C=O) groups is 2. The summed E-state index contributed by atoms with van der Waals surface area (Å²) in [6, 6.07) is 7.41. The molecule has 3 aromatic rings. The van der Waals surface area contributed by atoms with Crippen molar-refractivity contribution in [2.75, 3.05) is 27.4 Å². The number of phenols is 1. The molecule has 1 aliphatic heterocycles. The first-order valence-electron chi connectivity index (χ1n) is 10.4. The molecule has 2 aromatic heterocycles. The molecule has 0 aliphatic carbocycles. The van der Waals surface area contributed by atoms with Gasteiger partial charge in [-0.1, -0.05) is 12.1 Å². The predicted octanol–water partition coefficient (Wildman–Crippen LogP) is 2.73. The van der Waals surface area contributed by atoms with Crippen molar-refractivity contribution in [2.24, 2.45) is 0 Å². The Morgan fingerprint density at radius 2 is 1.94 bits per heavy atom. The fourth-order valence-electron chi connectivity index (χ4n) is 4.19. The molecule has 1 aliphatic rings. The molecule has 1 unspecified atom stereocenters. The van der Waals surface area contributed by atoms with Crippen LogP contribution in [0.5, 0.6) is 11.5 Å². The van der Waals surface area contributed by atoms with Crippen LogP contribution in [-0.2, 0) is 14.3 Å². The SMILES string of the molecule is COCCN1C(=O)C(=O)/C(=C(/O)c2nc3c(C)cccn3c2C)C1c1ccc(O)c(OC)c1. The number of likely N-dealkylation sites (tertiary alicyclic amines) is 1. The fraction of sp³-hybridized carbons (Fsp3) is 0.292. The van der Waals surface area contributed by atoms with Crippen LogP contribution < -0.4 is 4.74 Å². The van der Waals surface area contributed by atoms with Crippen molar-refractivity contribution in [1.29, 1.82) is 0 Å². The number of aromatic nitrogens is 2. The van der Waals surface area contributed by atoms with Gasteiger partial charge in [0.1, 0.15) is 11.3 Å². The monoisotopic (exact) mass is 451 g/mol. The number of carbonyl (C=O) groups excluding carboxylic acids is 2. The number of imidazole rings is 1. The van der Waals surface area contributed by atoms with Gasteiger partial charge in [0.2, 0.25) is 0 Å². The molecule has 172 valence electrons. The largest absolute Gasteiger partial charge is 0.505 e. The molecule has 1 atom stereocenters. The molecule has 0 radical (unpaired) electrons. The van der Waals surface area contributed by atoms with Crippen molar-refractivity contribution in [3.05, 3.63) is 64.6 Å². The number of amides is 1. The molecule has 33 heavy (non-hydrogen) atoms. The lowest BCUT2D eigenvalue weighted by molar-refractivity contribution is -0.140. The van der Waals surface area contributed by atoms with Gasteiger partial charge >= 0.3 is 0 Å². The zero-order valence-corrected chi connectivity index (χ0v) is 18.8. The lowest BCUT2D eigenvalue weighted by atomic mass is 9.96. The van der Waals surface area contributed by atoms with E-state index in [9.17, 15) is 19.8 Å². The second-order valence-corrected chi connectivity index (χ2v) is 7.85. The number of pyridine rings is 1. The summed E-state index contributed by atoms with van der Waals surface area (Å²) in [6.45, 7) is 4.02. The average molecular weight is 451 g/mol. The number of ether oxygens (including phenoxy) is 2. The maximum atomic E-state index is 13.1. The van der Waals surface area contributed by atoms with Crippen LogP contribution in [0.1, 0.15) is 28.6 Å². The van der Waals surface area contributed by atoms with Crippen LogP contribution in [0.2, 0.25) is 0 Å². The van der Waals surface area contributed by atoms with Gasteiger partial charge in [0, 0.05) is 19.9 Å². The fourth-order valence-corrected chi connectivity index (χ4v) is 4.19. The molecule has 9 nitrogen and oxygen atoms in total. The maximum Gasteiger partial charge on any atom is 0.295 e. The molecule has 9 heteroatoms. The highest BCUT2D eigenvalue weighted by atomic mass is 16.5. The number of aliphatic hydroxyl groups excluding tert-OH is 1. The van der Waals surface area contributed by atoms with Gasteiger partial charge < -0.3 is 29.0 Å². The number of nitrogens with zero attached hydrogens (tertiary/aromatic N) is 3. The predicted molar refractivity (Wildman–Crippen MR) is 120 cm³/mol. The second-order valence-electron chi connectivity index (χ2n) is 7.85. The van der Waals surface area contributed by atoms with E-state index in [2.05, 4.69) is 4.98 Å². The summed E-state index contributed by atoms with van der Waals surface area (Å²) in [4.78, 5) is 32.0. The van der Waals surface area contributed by atoms with Crippen LogP contribution >= 0.6 is 0 Å². The Labute approximate surface area is 190 Å². The minimum Gasteiger partial charge on any atom is -0.505 e. The highest BCUT2D eigenvalue weighted by Crippen LogP contribution is 2.42. The van der Waals surface area contributed by atoms with E-state index in [4.69, 9.17) is 9.47 Å². The molecule has 2 N–H and O–H groups in total. The van der Waals surface area contributed by atoms with E-state index in [1.165, 1.54) is 25.2 Å². The number of methoxy groups -OCH3 is 2. The van der Waals surface area contributed by atoms with E-state index in [0.717, 1.165) is 5.56 Å². The number of hydrogen-bond donors (Lipinski definition) is 2. The number of aromatic hydroxyl groups is 1. The van der Waals surface area contributed by atoms with Crippen molar-refractivity contribution in [2.45, 2.75) is 19.9 Å². The number of fused-ring (bicyclic) bond motifs is 1. The highest BCUT2D eigenvalue weighted by molar-refractivity contribution is 6.46. The Bertz CT molecular complexity index is 1290. The molecule has 0 bridgehead atoms. The quantitative estimate of drug-likeness (QED) is 0.337. The smallest absolute Gasteiger partial charge is 0.295 e. The minimum atomic E-state index is -0.903. The Kier molecular flexibility index (Phi) is 5.82. The Hall–Kier alpha value is -3.85. The van der Waals surface area contributed by atoms with Crippen LogP contribution in [0.3, 0.4) is 0 Å². The number of aliphatic hydroxyl groups is 1. The van der Waals surface area contributed by atoms with Crippen LogP contribution in [0.15, 0.2) is 42.1 Å². The van der Waals surface area contributed by atoms with E-state index in [0.29, 0.717) is 16.9 Å². The van der Waals surface area contributed by atoms with Crippen LogP contribution in [0, 0.1) is 13.8 Å². The first-order valence-corrected chi connectivity index (χ1v) is 10.4. The van der Waals surface area contributed by atoms with Gasteiger partial charge in [-0.05, 0) is 43.2 Å². The van der Waals surface area contributed by atoms with Crippen LogP contribution in [-0.4, -0.2) is 63.6 Å². The minimum absolute atomic E-state index is 0.0759. The molecular weight excluding hydrogens is 426 g/mol. The molecule has 0 spiro atoms.